The van der Waals surface area contributed by atoms with Crippen LogP contribution in [-0.2, 0) is 28.1 Å². The van der Waals surface area contributed by atoms with E-state index in [0.717, 1.165) is 42.8 Å². The maximum atomic E-state index is 5.90. The lowest BCUT2D eigenvalue weighted by Crippen LogP contribution is -2.37. The minimum absolute atomic E-state index is 0.378. The Morgan fingerprint density at radius 2 is 2.29 bits per heavy atom. The summed E-state index contributed by atoms with van der Waals surface area (Å²) in [5.74, 6) is 7.71. The molecule has 0 bridgehead atoms. The van der Waals surface area contributed by atoms with Gasteiger partial charge in [-0.05, 0) is 25.2 Å². The van der Waals surface area contributed by atoms with Crippen molar-refractivity contribution in [1.82, 2.24) is 9.97 Å². The average Bonchev–Trinajstić information content (AvgIpc) is 2.53. The summed E-state index contributed by atoms with van der Waals surface area (Å²) in [6.45, 7) is 3.48. The van der Waals surface area contributed by atoms with Gasteiger partial charge in [-0.3, -0.25) is 0 Å². The molecule has 116 valence electrons. The number of aromatic nitrogens is 2. The number of ether oxygens (including phenoxy) is 2. The van der Waals surface area contributed by atoms with Crippen LogP contribution in [-0.4, -0.2) is 23.7 Å². The number of hydrogen-bond donors (Lipinski definition) is 2. The number of nitrogen functional groups attached to an aromatic ring is 1. The molecule has 3 N–H and O–H groups in total. The zero-order valence-electron chi connectivity index (χ0n) is 12.8. The summed E-state index contributed by atoms with van der Waals surface area (Å²) in [7, 11) is 1.76. The standard InChI is InChI=1S/C15H24N4O2/c1-10-4-3-6-15(8-10,20-2)14-17-12-5-7-21-9-11(12)13(18-14)19-16/h10H,3-9,16H2,1-2H3,(H,17,18,19). The third-order valence-corrected chi connectivity index (χ3v) is 4.71. The van der Waals surface area contributed by atoms with E-state index in [0.29, 0.717) is 24.9 Å². The Kier molecular flexibility index (Phi) is 4.10. The molecule has 1 aromatic heterocycles. The molecule has 2 unspecified atom stereocenters. The highest BCUT2D eigenvalue weighted by atomic mass is 16.5. The molecule has 1 fully saturated rings. The molecule has 2 heterocycles. The molecule has 6 nitrogen and oxygen atoms in total. The van der Waals surface area contributed by atoms with E-state index in [1.165, 1.54) is 6.42 Å². The molecule has 1 saturated carbocycles. The summed E-state index contributed by atoms with van der Waals surface area (Å²) in [6, 6.07) is 0. The molecule has 0 amide bonds. The Hall–Kier alpha value is -1.24. The van der Waals surface area contributed by atoms with Crippen molar-refractivity contribution in [2.24, 2.45) is 11.8 Å². The van der Waals surface area contributed by atoms with Gasteiger partial charge < -0.3 is 14.9 Å². The van der Waals surface area contributed by atoms with E-state index in [1.54, 1.807) is 7.11 Å². The van der Waals surface area contributed by atoms with Crippen LogP contribution in [0.4, 0.5) is 5.82 Å². The fourth-order valence-corrected chi connectivity index (χ4v) is 3.54. The summed E-state index contributed by atoms with van der Waals surface area (Å²) in [5, 5.41) is 0. The maximum absolute atomic E-state index is 5.90. The third kappa shape index (κ3) is 2.63. The quantitative estimate of drug-likeness (QED) is 0.654. The summed E-state index contributed by atoms with van der Waals surface area (Å²) in [5.41, 5.74) is 4.33. The van der Waals surface area contributed by atoms with Crippen molar-refractivity contribution in [2.45, 2.75) is 51.2 Å². The second kappa shape index (κ2) is 5.87. The number of nitrogens with zero attached hydrogens (tertiary/aromatic N) is 2. The molecule has 2 atom stereocenters. The lowest BCUT2D eigenvalue weighted by molar-refractivity contribution is -0.0648. The highest BCUT2D eigenvalue weighted by Gasteiger charge is 2.40. The van der Waals surface area contributed by atoms with Crippen LogP contribution in [0, 0.1) is 5.92 Å². The summed E-state index contributed by atoms with van der Waals surface area (Å²) in [6.07, 6.45) is 5.11. The normalized spacial score (nSPS) is 29.0. The van der Waals surface area contributed by atoms with E-state index >= 15 is 0 Å². The summed E-state index contributed by atoms with van der Waals surface area (Å²) < 4.78 is 11.4. The van der Waals surface area contributed by atoms with Crippen molar-refractivity contribution in [3.63, 3.8) is 0 Å². The first-order chi connectivity index (χ1) is 10.2. The van der Waals surface area contributed by atoms with Gasteiger partial charge in [0.25, 0.3) is 0 Å². The number of nitrogens with two attached hydrogens (primary N) is 1. The molecular formula is C15H24N4O2. The first-order valence-corrected chi connectivity index (χ1v) is 7.68. The molecule has 6 heteroatoms. The monoisotopic (exact) mass is 292 g/mol. The molecule has 0 spiro atoms. The molecule has 1 aliphatic heterocycles. The SMILES string of the molecule is COC1(c2nc3c(c(NN)n2)COCC3)CCCC(C)C1. The van der Waals surface area contributed by atoms with Crippen molar-refractivity contribution < 1.29 is 9.47 Å². The van der Waals surface area contributed by atoms with Gasteiger partial charge >= 0.3 is 0 Å². The van der Waals surface area contributed by atoms with Crippen LogP contribution in [0.2, 0.25) is 0 Å². The topological polar surface area (TPSA) is 82.3 Å². The molecule has 1 aromatic rings. The van der Waals surface area contributed by atoms with E-state index in [1.807, 2.05) is 0 Å². The zero-order chi connectivity index (χ0) is 14.9. The van der Waals surface area contributed by atoms with Crippen molar-refractivity contribution in [3.05, 3.63) is 17.1 Å². The Morgan fingerprint density at radius 3 is 3.00 bits per heavy atom. The second-order valence-corrected chi connectivity index (χ2v) is 6.17. The van der Waals surface area contributed by atoms with Crippen LogP contribution in [0.1, 0.15) is 49.7 Å². The highest BCUT2D eigenvalue weighted by Crippen LogP contribution is 2.42. The highest BCUT2D eigenvalue weighted by molar-refractivity contribution is 5.46. The zero-order valence-corrected chi connectivity index (χ0v) is 12.8. The average molecular weight is 292 g/mol. The van der Waals surface area contributed by atoms with E-state index < -0.39 is 0 Å². The summed E-state index contributed by atoms with van der Waals surface area (Å²) in [4.78, 5) is 9.46. The van der Waals surface area contributed by atoms with Crippen molar-refractivity contribution in [3.8, 4) is 0 Å². The van der Waals surface area contributed by atoms with E-state index in [2.05, 4.69) is 17.3 Å². The number of fused-ring (bicyclic) bond motifs is 1. The van der Waals surface area contributed by atoms with Crippen molar-refractivity contribution in [2.75, 3.05) is 19.1 Å². The predicted octanol–water partition coefficient (Wildman–Crippen LogP) is 1.89. The second-order valence-electron chi connectivity index (χ2n) is 6.17. The van der Waals surface area contributed by atoms with Crippen LogP contribution in [0.5, 0.6) is 0 Å². The van der Waals surface area contributed by atoms with Crippen LogP contribution in [0.15, 0.2) is 0 Å². The van der Waals surface area contributed by atoms with Crippen LogP contribution in [0.25, 0.3) is 0 Å². The molecule has 21 heavy (non-hydrogen) atoms. The largest absolute Gasteiger partial charge is 0.376 e. The minimum Gasteiger partial charge on any atom is -0.376 e. The van der Waals surface area contributed by atoms with E-state index in [-0.39, 0.29) is 5.60 Å². The number of anilines is 1. The van der Waals surface area contributed by atoms with Crippen LogP contribution < -0.4 is 11.3 Å². The third-order valence-electron chi connectivity index (χ3n) is 4.71. The van der Waals surface area contributed by atoms with Gasteiger partial charge in [0.1, 0.15) is 11.4 Å². The van der Waals surface area contributed by atoms with E-state index in [9.17, 15) is 0 Å². The van der Waals surface area contributed by atoms with Gasteiger partial charge in [-0.2, -0.15) is 0 Å². The molecular weight excluding hydrogens is 268 g/mol. The Labute approximate surface area is 125 Å². The number of nitrogens with one attached hydrogen (secondary N) is 1. The fraction of sp³-hybridized carbons (Fsp3) is 0.733. The molecule has 2 aliphatic rings. The van der Waals surface area contributed by atoms with Gasteiger partial charge in [0.15, 0.2) is 5.82 Å². The lowest BCUT2D eigenvalue weighted by atomic mass is 9.78. The van der Waals surface area contributed by atoms with Gasteiger partial charge in [0, 0.05) is 19.1 Å². The molecule has 0 radical (unpaired) electrons. The molecule has 1 aliphatic carbocycles. The smallest absolute Gasteiger partial charge is 0.162 e. The maximum Gasteiger partial charge on any atom is 0.162 e. The van der Waals surface area contributed by atoms with Crippen LogP contribution >= 0.6 is 0 Å². The number of hydrazine groups is 1. The van der Waals surface area contributed by atoms with Gasteiger partial charge in [0.2, 0.25) is 0 Å². The number of methoxy groups -OCH3 is 1. The van der Waals surface area contributed by atoms with Crippen molar-refractivity contribution >= 4 is 5.82 Å². The number of rotatable bonds is 3. The Bertz CT molecular complexity index is 505. The summed E-state index contributed by atoms with van der Waals surface area (Å²) >= 11 is 0. The van der Waals surface area contributed by atoms with Gasteiger partial charge in [-0.25, -0.2) is 15.8 Å². The molecule has 0 saturated heterocycles. The molecule has 3 rings (SSSR count). The fourth-order valence-electron chi connectivity index (χ4n) is 3.54. The van der Waals surface area contributed by atoms with E-state index in [4.69, 9.17) is 20.3 Å². The van der Waals surface area contributed by atoms with Gasteiger partial charge in [0.05, 0.1) is 18.9 Å². The first kappa shape index (κ1) is 14.7. The minimum atomic E-state index is -0.378. The van der Waals surface area contributed by atoms with Gasteiger partial charge in [-0.1, -0.05) is 13.3 Å². The molecule has 0 aromatic carbocycles. The Morgan fingerprint density at radius 1 is 1.43 bits per heavy atom. The lowest BCUT2D eigenvalue weighted by Gasteiger charge is -2.38. The van der Waals surface area contributed by atoms with Crippen LogP contribution in [0.3, 0.4) is 0 Å². The number of hydrogen-bond acceptors (Lipinski definition) is 6. The predicted molar refractivity (Wildman–Crippen MR) is 79.5 cm³/mol. The Balaban J connectivity index is 2.04. The first-order valence-electron chi connectivity index (χ1n) is 7.68. The van der Waals surface area contributed by atoms with Gasteiger partial charge in [-0.15, -0.1) is 0 Å². The van der Waals surface area contributed by atoms with Crippen molar-refractivity contribution in [1.29, 1.82) is 0 Å².